The minimum absolute atomic E-state index is 0.345. The molecule has 1 aromatic heterocycles. The molecule has 1 aliphatic heterocycles. The maximum absolute atomic E-state index is 6.04. The van der Waals surface area contributed by atoms with Gasteiger partial charge in [-0.05, 0) is 18.8 Å². The Hall–Kier alpha value is -0.870. The lowest BCUT2D eigenvalue weighted by molar-refractivity contribution is 0.309. The van der Waals surface area contributed by atoms with Crippen LogP contribution in [0.15, 0.2) is 12.5 Å². The van der Waals surface area contributed by atoms with E-state index in [-0.39, 0.29) is 0 Å². The van der Waals surface area contributed by atoms with Gasteiger partial charge < -0.3 is 10.3 Å². The monoisotopic (exact) mass is 220 g/mol. The first-order valence-corrected chi connectivity index (χ1v) is 6.22. The molecule has 1 aromatic rings. The van der Waals surface area contributed by atoms with Gasteiger partial charge >= 0.3 is 0 Å². The van der Waals surface area contributed by atoms with E-state index in [1.54, 1.807) is 0 Å². The number of aromatic nitrogens is 2. The highest BCUT2D eigenvalue weighted by molar-refractivity contribution is 5.04. The van der Waals surface area contributed by atoms with Gasteiger partial charge in [-0.15, -0.1) is 0 Å². The maximum atomic E-state index is 6.04. The number of imidazole rings is 1. The normalized spacial score (nSPS) is 31.1. The number of likely N-dealkylation sites (tertiary alicyclic amines) is 1. The van der Waals surface area contributed by atoms with E-state index in [1.165, 1.54) is 18.5 Å². The Morgan fingerprint density at radius 3 is 2.88 bits per heavy atom. The van der Waals surface area contributed by atoms with Crippen molar-refractivity contribution in [2.45, 2.75) is 38.4 Å². The minimum atomic E-state index is 0.345. The molecule has 2 fully saturated rings. The van der Waals surface area contributed by atoms with Crippen LogP contribution in [0.5, 0.6) is 0 Å². The molecule has 1 saturated heterocycles. The van der Waals surface area contributed by atoms with Gasteiger partial charge in [0.05, 0.1) is 12.0 Å². The van der Waals surface area contributed by atoms with Crippen LogP contribution in [0, 0.1) is 5.92 Å². The van der Waals surface area contributed by atoms with Crippen molar-refractivity contribution in [3.8, 4) is 0 Å². The van der Waals surface area contributed by atoms with Crippen LogP contribution in [-0.4, -0.2) is 33.6 Å². The molecular weight excluding hydrogens is 200 g/mol. The molecule has 2 atom stereocenters. The number of hydrogen-bond acceptors (Lipinski definition) is 3. The molecule has 2 heterocycles. The molecule has 0 bridgehead atoms. The molecule has 16 heavy (non-hydrogen) atoms. The van der Waals surface area contributed by atoms with E-state index in [1.807, 2.05) is 12.5 Å². The quantitative estimate of drug-likeness (QED) is 0.826. The summed E-state index contributed by atoms with van der Waals surface area (Å²) in [5.74, 6) is 0.622. The highest BCUT2D eigenvalue weighted by Gasteiger charge is 2.29. The van der Waals surface area contributed by atoms with Gasteiger partial charge in [-0.1, -0.05) is 6.92 Å². The van der Waals surface area contributed by atoms with Gasteiger partial charge in [-0.3, -0.25) is 4.90 Å². The van der Waals surface area contributed by atoms with Gasteiger partial charge in [0.1, 0.15) is 0 Å². The molecule has 1 saturated carbocycles. The van der Waals surface area contributed by atoms with E-state index in [9.17, 15) is 0 Å². The Morgan fingerprint density at radius 1 is 1.44 bits per heavy atom. The van der Waals surface area contributed by atoms with Crippen molar-refractivity contribution in [1.82, 2.24) is 14.5 Å². The second-order valence-corrected chi connectivity index (χ2v) is 5.36. The summed E-state index contributed by atoms with van der Waals surface area (Å²) in [5, 5.41) is 0. The zero-order chi connectivity index (χ0) is 11.1. The summed E-state index contributed by atoms with van der Waals surface area (Å²) in [4.78, 5) is 6.72. The zero-order valence-corrected chi connectivity index (χ0v) is 9.84. The molecule has 3 rings (SSSR count). The number of hydrogen-bond donors (Lipinski definition) is 1. The zero-order valence-electron chi connectivity index (χ0n) is 9.84. The van der Waals surface area contributed by atoms with Crippen LogP contribution in [0.2, 0.25) is 0 Å². The van der Waals surface area contributed by atoms with Crippen LogP contribution < -0.4 is 5.73 Å². The van der Waals surface area contributed by atoms with Gasteiger partial charge in [-0.25, -0.2) is 4.98 Å². The summed E-state index contributed by atoms with van der Waals surface area (Å²) in [5.41, 5.74) is 7.39. The lowest BCUT2D eigenvalue weighted by atomic mass is 10.1. The fourth-order valence-electron chi connectivity index (χ4n) is 2.59. The van der Waals surface area contributed by atoms with E-state index in [4.69, 9.17) is 5.73 Å². The van der Waals surface area contributed by atoms with Crippen molar-refractivity contribution in [2.24, 2.45) is 11.7 Å². The summed E-state index contributed by atoms with van der Waals surface area (Å²) in [7, 11) is 0. The fourth-order valence-corrected chi connectivity index (χ4v) is 2.59. The Balaban J connectivity index is 1.67. The SMILES string of the molecule is CC1CN(Cc2cncn2C2CC2)CC1N. The molecule has 0 spiro atoms. The Kier molecular flexibility index (Phi) is 2.48. The maximum Gasteiger partial charge on any atom is 0.0951 e. The molecule has 88 valence electrons. The van der Waals surface area contributed by atoms with Gasteiger partial charge in [-0.2, -0.15) is 0 Å². The van der Waals surface area contributed by atoms with Crippen molar-refractivity contribution in [3.63, 3.8) is 0 Å². The van der Waals surface area contributed by atoms with Crippen LogP contribution in [0.1, 0.15) is 31.5 Å². The summed E-state index contributed by atoms with van der Waals surface area (Å²) < 4.78 is 2.34. The number of nitrogens with two attached hydrogens (primary N) is 1. The molecule has 0 radical (unpaired) electrons. The molecule has 0 amide bonds. The topological polar surface area (TPSA) is 47.1 Å². The molecule has 4 nitrogen and oxygen atoms in total. The highest BCUT2D eigenvalue weighted by Crippen LogP contribution is 2.36. The van der Waals surface area contributed by atoms with Gasteiger partial charge in [0, 0.05) is 37.9 Å². The lowest BCUT2D eigenvalue weighted by Crippen LogP contribution is -2.28. The third kappa shape index (κ3) is 1.87. The van der Waals surface area contributed by atoms with Crippen LogP contribution in [0.4, 0.5) is 0 Å². The Bertz CT molecular complexity index is 359. The Labute approximate surface area is 96.4 Å². The first-order chi connectivity index (χ1) is 7.74. The van der Waals surface area contributed by atoms with Crippen LogP contribution in [0.25, 0.3) is 0 Å². The van der Waals surface area contributed by atoms with Crippen LogP contribution in [-0.2, 0) is 6.54 Å². The molecule has 2 N–H and O–H groups in total. The van der Waals surface area contributed by atoms with Crippen molar-refractivity contribution in [1.29, 1.82) is 0 Å². The minimum Gasteiger partial charge on any atom is -0.330 e. The lowest BCUT2D eigenvalue weighted by Gasteiger charge is -2.16. The second kappa shape index (κ2) is 3.86. The largest absolute Gasteiger partial charge is 0.330 e. The van der Waals surface area contributed by atoms with Crippen molar-refractivity contribution in [2.75, 3.05) is 13.1 Å². The van der Waals surface area contributed by atoms with Crippen molar-refractivity contribution >= 4 is 0 Å². The van der Waals surface area contributed by atoms with E-state index in [0.29, 0.717) is 12.0 Å². The number of nitrogens with zero attached hydrogens (tertiary/aromatic N) is 3. The van der Waals surface area contributed by atoms with E-state index >= 15 is 0 Å². The van der Waals surface area contributed by atoms with Crippen LogP contribution >= 0.6 is 0 Å². The van der Waals surface area contributed by atoms with E-state index in [2.05, 4.69) is 21.4 Å². The summed E-state index contributed by atoms with van der Waals surface area (Å²) in [6, 6.07) is 1.07. The first kappa shape index (κ1) is 10.3. The fraction of sp³-hybridized carbons (Fsp3) is 0.750. The average molecular weight is 220 g/mol. The standard InChI is InChI=1S/C12H20N4/c1-9-5-15(7-12(9)13)6-11-4-14-8-16(11)10-2-3-10/h4,8-10,12H,2-3,5-7,13H2,1H3. The molecule has 1 aliphatic carbocycles. The molecule has 0 aromatic carbocycles. The molecule has 4 heteroatoms. The third-order valence-electron chi connectivity index (χ3n) is 3.82. The second-order valence-electron chi connectivity index (χ2n) is 5.36. The van der Waals surface area contributed by atoms with E-state index < -0.39 is 0 Å². The summed E-state index contributed by atoms with van der Waals surface area (Å²) in [6.07, 6.45) is 6.62. The highest BCUT2D eigenvalue weighted by atomic mass is 15.2. The van der Waals surface area contributed by atoms with Crippen LogP contribution in [0.3, 0.4) is 0 Å². The summed E-state index contributed by atoms with van der Waals surface area (Å²) in [6.45, 7) is 5.39. The smallest absolute Gasteiger partial charge is 0.0951 e. The Morgan fingerprint density at radius 2 is 2.25 bits per heavy atom. The van der Waals surface area contributed by atoms with Crippen molar-refractivity contribution in [3.05, 3.63) is 18.2 Å². The first-order valence-electron chi connectivity index (χ1n) is 6.22. The van der Waals surface area contributed by atoms with Gasteiger partial charge in [0.15, 0.2) is 0 Å². The molecule has 2 unspecified atom stereocenters. The van der Waals surface area contributed by atoms with Crippen molar-refractivity contribution < 1.29 is 0 Å². The average Bonchev–Trinajstić information content (AvgIpc) is 2.91. The predicted octanol–water partition coefficient (Wildman–Crippen LogP) is 0.997. The number of rotatable bonds is 3. The van der Waals surface area contributed by atoms with Gasteiger partial charge in [0.25, 0.3) is 0 Å². The van der Waals surface area contributed by atoms with Gasteiger partial charge in [0.2, 0.25) is 0 Å². The third-order valence-corrected chi connectivity index (χ3v) is 3.82. The predicted molar refractivity (Wildman–Crippen MR) is 62.9 cm³/mol. The van der Waals surface area contributed by atoms with E-state index in [0.717, 1.165) is 25.7 Å². The molecular formula is C12H20N4. The summed E-state index contributed by atoms with van der Waals surface area (Å²) >= 11 is 0. The molecule has 2 aliphatic rings.